The number of hydrogen-bond acceptors (Lipinski definition) is 4. The normalized spacial score (nSPS) is 23.2. The van der Waals surface area contributed by atoms with Crippen LogP contribution in [0.15, 0.2) is 18.2 Å². The molecule has 24 heavy (non-hydrogen) atoms. The molecule has 1 heterocycles. The molecule has 1 N–H and O–H groups in total. The van der Waals surface area contributed by atoms with E-state index in [9.17, 15) is 5.11 Å². The van der Waals surface area contributed by atoms with E-state index >= 15 is 0 Å². The zero-order valence-electron chi connectivity index (χ0n) is 15.6. The number of hydrogen-bond donors (Lipinski definition) is 1. The largest absolute Gasteiger partial charge is 0.491 e. The third-order valence-corrected chi connectivity index (χ3v) is 5.08. The first-order valence-corrected chi connectivity index (χ1v) is 9.19. The number of aryl methyl sites for hydroxylation is 2. The Morgan fingerprint density at radius 2 is 1.83 bits per heavy atom. The van der Waals surface area contributed by atoms with Crippen molar-refractivity contribution in [2.75, 3.05) is 26.4 Å². The fourth-order valence-corrected chi connectivity index (χ4v) is 3.37. The molecule has 3 unspecified atom stereocenters. The molecule has 0 bridgehead atoms. The van der Waals surface area contributed by atoms with Crippen LogP contribution in [0, 0.1) is 13.8 Å². The molecule has 0 saturated carbocycles. The van der Waals surface area contributed by atoms with Gasteiger partial charge in [0.1, 0.15) is 12.4 Å². The van der Waals surface area contributed by atoms with E-state index in [0.717, 1.165) is 5.75 Å². The second-order valence-corrected chi connectivity index (χ2v) is 7.15. The second kappa shape index (κ2) is 9.40. The van der Waals surface area contributed by atoms with Gasteiger partial charge in [0, 0.05) is 18.6 Å². The van der Waals surface area contributed by atoms with Crippen molar-refractivity contribution in [2.24, 2.45) is 0 Å². The van der Waals surface area contributed by atoms with Gasteiger partial charge in [0.25, 0.3) is 0 Å². The third kappa shape index (κ3) is 5.76. The van der Waals surface area contributed by atoms with Gasteiger partial charge in [-0.25, -0.2) is 0 Å². The first-order chi connectivity index (χ1) is 11.5. The van der Waals surface area contributed by atoms with Crippen LogP contribution in [0.4, 0.5) is 0 Å². The first kappa shape index (κ1) is 19.2. The minimum atomic E-state index is -0.436. The predicted octanol–water partition coefficient (Wildman–Crippen LogP) is 3.32. The van der Waals surface area contributed by atoms with Crippen molar-refractivity contribution in [2.45, 2.75) is 65.1 Å². The highest BCUT2D eigenvalue weighted by atomic mass is 16.5. The third-order valence-electron chi connectivity index (χ3n) is 5.08. The molecule has 1 saturated heterocycles. The molecule has 1 fully saturated rings. The Morgan fingerprint density at radius 1 is 1.12 bits per heavy atom. The van der Waals surface area contributed by atoms with E-state index in [2.05, 4.69) is 38.7 Å². The van der Waals surface area contributed by atoms with Crippen LogP contribution >= 0.6 is 0 Å². The van der Waals surface area contributed by atoms with Crippen LogP contribution in [0.25, 0.3) is 0 Å². The molecular weight excluding hydrogens is 302 g/mol. The number of aliphatic hydroxyl groups excluding tert-OH is 1. The quantitative estimate of drug-likeness (QED) is 0.740. The van der Waals surface area contributed by atoms with Gasteiger partial charge in [-0.05, 0) is 63.8 Å². The monoisotopic (exact) mass is 335 g/mol. The Labute approximate surface area is 146 Å². The molecule has 1 aromatic carbocycles. The van der Waals surface area contributed by atoms with Crippen LogP contribution in [-0.4, -0.2) is 54.6 Å². The van der Waals surface area contributed by atoms with Gasteiger partial charge in [0.05, 0.1) is 19.3 Å². The smallest absolute Gasteiger partial charge is 0.119 e. The summed E-state index contributed by atoms with van der Waals surface area (Å²) < 4.78 is 11.3. The van der Waals surface area contributed by atoms with E-state index in [0.29, 0.717) is 38.4 Å². The molecule has 3 atom stereocenters. The molecule has 0 aromatic heterocycles. The summed E-state index contributed by atoms with van der Waals surface area (Å²) >= 11 is 0. The lowest BCUT2D eigenvalue weighted by atomic mass is 9.97. The van der Waals surface area contributed by atoms with Crippen LogP contribution in [0.2, 0.25) is 0 Å². The Bertz CT molecular complexity index is 496. The molecule has 2 rings (SSSR count). The zero-order chi connectivity index (χ0) is 17.5. The molecule has 4 nitrogen and oxygen atoms in total. The van der Waals surface area contributed by atoms with Crippen LogP contribution in [0.1, 0.15) is 44.2 Å². The lowest BCUT2D eigenvalue weighted by Crippen LogP contribution is -2.48. The average Bonchev–Trinajstić information content (AvgIpc) is 2.54. The number of piperidine rings is 1. The van der Waals surface area contributed by atoms with Gasteiger partial charge in [-0.2, -0.15) is 0 Å². The SMILES string of the molecule is Cc1ccc(OCCOCC(O)CN2C(C)CCCC2C)cc1C. The topological polar surface area (TPSA) is 41.9 Å². The highest BCUT2D eigenvalue weighted by Crippen LogP contribution is 2.22. The van der Waals surface area contributed by atoms with Crippen LogP contribution in [-0.2, 0) is 4.74 Å². The maximum atomic E-state index is 10.2. The van der Waals surface area contributed by atoms with E-state index < -0.39 is 6.10 Å². The van der Waals surface area contributed by atoms with Gasteiger partial charge < -0.3 is 14.6 Å². The highest BCUT2D eigenvalue weighted by molar-refractivity contribution is 5.33. The molecule has 0 aliphatic carbocycles. The molecular formula is C20H33NO3. The number of likely N-dealkylation sites (tertiary alicyclic amines) is 1. The summed E-state index contributed by atoms with van der Waals surface area (Å²) in [5.41, 5.74) is 2.50. The summed E-state index contributed by atoms with van der Waals surface area (Å²) in [5.74, 6) is 0.873. The minimum absolute atomic E-state index is 0.367. The summed E-state index contributed by atoms with van der Waals surface area (Å²) in [6.45, 7) is 10.7. The molecule has 4 heteroatoms. The van der Waals surface area contributed by atoms with Crippen LogP contribution < -0.4 is 4.74 Å². The lowest BCUT2D eigenvalue weighted by Gasteiger charge is -2.40. The van der Waals surface area contributed by atoms with Crippen molar-refractivity contribution in [1.29, 1.82) is 0 Å². The first-order valence-electron chi connectivity index (χ1n) is 9.19. The molecule has 0 spiro atoms. The summed E-state index contributed by atoms with van der Waals surface area (Å²) in [7, 11) is 0. The number of rotatable bonds is 8. The van der Waals surface area contributed by atoms with Gasteiger partial charge in [-0.3, -0.25) is 4.90 Å². The average molecular weight is 335 g/mol. The predicted molar refractivity (Wildman–Crippen MR) is 97.7 cm³/mol. The molecule has 0 amide bonds. The van der Waals surface area contributed by atoms with Crippen molar-refractivity contribution in [3.05, 3.63) is 29.3 Å². The number of benzene rings is 1. The van der Waals surface area contributed by atoms with E-state index in [1.807, 2.05) is 12.1 Å². The molecule has 1 aliphatic rings. The Kier molecular flexibility index (Phi) is 7.53. The number of ether oxygens (including phenoxy) is 2. The summed E-state index contributed by atoms with van der Waals surface area (Å²) in [6.07, 6.45) is 3.31. The van der Waals surface area contributed by atoms with E-state index in [-0.39, 0.29) is 0 Å². The Morgan fingerprint density at radius 3 is 2.50 bits per heavy atom. The zero-order valence-corrected chi connectivity index (χ0v) is 15.6. The Hall–Kier alpha value is -1.10. The minimum Gasteiger partial charge on any atom is -0.491 e. The molecule has 136 valence electrons. The molecule has 0 radical (unpaired) electrons. The van der Waals surface area contributed by atoms with Crippen molar-refractivity contribution >= 4 is 0 Å². The summed E-state index contributed by atoms with van der Waals surface area (Å²) in [5, 5.41) is 10.2. The maximum absolute atomic E-state index is 10.2. The second-order valence-electron chi connectivity index (χ2n) is 7.15. The fourth-order valence-electron chi connectivity index (χ4n) is 3.37. The van der Waals surface area contributed by atoms with Gasteiger partial charge in [0.2, 0.25) is 0 Å². The standard InChI is InChI=1S/C20H33NO3/c1-15-8-9-20(12-16(15)2)24-11-10-23-14-19(22)13-21-17(3)6-5-7-18(21)4/h8-9,12,17-19,22H,5-7,10-11,13-14H2,1-4H3. The molecule has 1 aliphatic heterocycles. The molecule has 1 aromatic rings. The fraction of sp³-hybridized carbons (Fsp3) is 0.700. The lowest BCUT2D eigenvalue weighted by molar-refractivity contribution is -0.0141. The van der Waals surface area contributed by atoms with E-state index in [1.165, 1.54) is 30.4 Å². The van der Waals surface area contributed by atoms with Crippen LogP contribution in [0.3, 0.4) is 0 Å². The van der Waals surface area contributed by atoms with Gasteiger partial charge >= 0.3 is 0 Å². The number of β-amino-alcohol motifs (C(OH)–C–C–N with tert-alkyl or cyclic N) is 1. The summed E-state index contributed by atoms with van der Waals surface area (Å²) in [4.78, 5) is 2.41. The van der Waals surface area contributed by atoms with Gasteiger partial charge in [0.15, 0.2) is 0 Å². The van der Waals surface area contributed by atoms with E-state index in [1.54, 1.807) is 0 Å². The van der Waals surface area contributed by atoms with Gasteiger partial charge in [-0.1, -0.05) is 12.5 Å². The van der Waals surface area contributed by atoms with Crippen molar-refractivity contribution in [1.82, 2.24) is 4.90 Å². The number of aliphatic hydroxyl groups is 1. The maximum Gasteiger partial charge on any atom is 0.119 e. The van der Waals surface area contributed by atoms with Crippen molar-refractivity contribution < 1.29 is 14.6 Å². The summed E-state index contributed by atoms with van der Waals surface area (Å²) in [6, 6.07) is 7.20. The van der Waals surface area contributed by atoms with Crippen molar-refractivity contribution in [3.63, 3.8) is 0 Å². The Balaban J connectivity index is 1.62. The van der Waals surface area contributed by atoms with E-state index in [4.69, 9.17) is 9.47 Å². The number of nitrogens with zero attached hydrogens (tertiary/aromatic N) is 1. The van der Waals surface area contributed by atoms with Gasteiger partial charge in [-0.15, -0.1) is 0 Å². The van der Waals surface area contributed by atoms with Crippen molar-refractivity contribution in [3.8, 4) is 5.75 Å². The highest BCUT2D eigenvalue weighted by Gasteiger charge is 2.26. The van der Waals surface area contributed by atoms with Crippen LogP contribution in [0.5, 0.6) is 5.75 Å².